The molecule has 0 aromatic heterocycles. The molecule has 0 unspecified atom stereocenters. The lowest BCUT2D eigenvalue weighted by Gasteiger charge is -2.13. The summed E-state index contributed by atoms with van der Waals surface area (Å²) >= 11 is 2.19. The molecule has 3 rings (SSSR count). The molecule has 1 heterocycles. The van der Waals surface area contributed by atoms with Gasteiger partial charge in [0.15, 0.2) is 23.0 Å². The van der Waals surface area contributed by atoms with E-state index in [2.05, 4.69) is 33.1 Å². The van der Waals surface area contributed by atoms with E-state index in [1.54, 1.807) is 18.3 Å². The van der Waals surface area contributed by atoms with Crippen molar-refractivity contribution in [1.82, 2.24) is 5.43 Å². The number of halogens is 1. The van der Waals surface area contributed by atoms with E-state index in [9.17, 15) is 4.79 Å². The van der Waals surface area contributed by atoms with Crippen LogP contribution in [0.5, 0.6) is 23.0 Å². The third kappa shape index (κ3) is 5.06. The van der Waals surface area contributed by atoms with E-state index in [1.165, 1.54) is 0 Å². The van der Waals surface area contributed by atoms with Crippen molar-refractivity contribution in [2.75, 3.05) is 20.0 Å². The highest BCUT2D eigenvalue weighted by Crippen LogP contribution is 2.34. The Kier molecular flexibility index (Phi) is 6.96. The van der Waals surface area contributed by atoms with Crippen molar-refractivity contribution < 1.29 is 23.7 Å². The van der Waals surface area contributed by atoms with Gasteiger partial charge in [-0.05, 0) is 71.8 Å². The van der Waals surface area contributed by atoms with E-state index in [0.717, 1.165) is 14.7 Å². The first kappa shape index (κ1) is 20.2. The Hall–Kier alpha value is -2.49. The average Bonchev–Trinajstić information content (AvgIpc) is 3.12. The predicted octanol–water partition coefficient (Wildman–Crippen LogP) is 3.51. The monoisotopic (exact) mass is 496 g/mol. The molecule has 1 aliphatic rings. The highest BCUT2D eigenvalue weighted by Gasteiger charge is 2.14. The molecule has 148 valence electrons. The Balaban J connectivity index is 1.62. The molecule has 0 aliphatic carbocycles. The number of rotatable bonds is 8. The summed E-state index contributed by atoms with van der Waals surface area (Å²) in [4.78, 5) is 12.1. The number of ether oxygens (including phenoxy) is 4. The fraction of sp³-hybridized carbons (Fsp3) is 0.300. The van der Waals surface area contributed by atoms with Crippen molar-refractivity contribution >= 4 is 34.7 Å². The maximum absolute atomic E-state index is 12.1. The standard InChI is InChI=1S/C20H21IN2O5/c1-3-25-18-9-14(7-15(21)20(18)26-4-2)11-22-23-19(24)10-13-5-6-16-17(8-13)28-12-27-16/h5-9,11H,3-4,10,12H2,1-2H3,(H,23,24)/b22-11-. The van der Waals surface area contributed by atoms with Crippen molar-refractivity contribution in [3.05, 3.63) is 45.0 Å². The first-order valence-corrected chi connectivity index (χ1v) is 9.98. The van der Waals surface area contributed by atoms with Gasteiger partial charge in [-0.25, -0.2) is 5.43 Å². The number of fused-ring (bicyclic) bond motifs is 1. The molecule has 8 heteroatoms. The van der Waals surface area contributed by atoms with E-state index < -0.39 is 0 Å². The van der Waals surface area contributed by atoms with Crippen LogP contribution in [0.25, 0.3) is 0 Å². The third-order valence-corrected chi connectivity index (χ3v) is 4.63. The smallest absolute Gasteiger partial charge is 0.244 e. The van der Waals surface area contributed by atoms with Crippen LogP contribution in [0.2, 0.25) is 0 Å². The Morgan fingerprint density at radius 2 is 1.96 bits per heavy atom. The average molecular weight is 496 g/mol. The van der Waals surface area contributed by atoms with Crippen LogP contribution in [0.4, 0.5) is 0 Å². The zero-order valence-corrected chi connectivity index (χ0v) is 17.8. The fourth-order valence-electron chi connectivity index (χ4n) is 2.66. The predicted molar refractivity (Wildman–Crippen MR) is 114 cm³/mol. The number of benzene rings is 2. The van der Waals surface area contributed by atoms with E-state index in [4.69, 9.17) is 18.9 Å². The summed E-state index contributed by atoms with van der Waals surface area (Å²) in [6.45, 7) is 5.14. The molecule has 0 saturated heterocycles. The molecule has 0 atom stereocenters. The number of amides is 1. The fourth-order valence-corrected chi connectivity index (χ4v) is 3.45. The molecule has 1 N–H and O–H groups in total. The molecule has 2 aromatic rings. The summed E-state index contributed by atoms with van der Waals surface area (Å²) in [6, 6.07) is 9.19. The summed E-state index contributed by atoms with van der Waals surface area (Å²) in [7, 11) is 0. The number of hydrogen-bond donors (Lipinski definition) is 1. The summed E-state index contributed by atoms with van der Waals surface area (Å²) in [5.41, 5.74) is 4.17. The highest BCUT2D eigenvalue weighted by atomic mass is 127. The normalized spacial score (nSPS) is 12.2. The van der Waals surface area contributed by atoms with Crippen LogP contribution in [0.3, 0.4) is 0 Å². The molecular formula is C20H21IN2O5. The second-order valence-electron chi connectivity index (χ2n) is 5.85. The van der Waals surface area contributed by atoms with Crippen LogP contribution in [0, 0.1) is 3.57 Å². The van der Waals surface area contributed by atoms with Gasteiger partial charge in [-0.15, -0.1) is 0 Å². The molecule has 1 amide bonds. The first-order chi connectivity index (χ1) is 13.6. The number of nitrogens with zero attached hydrogens (tertiary/aromatic N) is 1. The molecule has 1 aliphatic heterocycles. The largest absolute Gasteiger partial charge is 0.490 e. The minimum Gasteiger partial charge on any atom is -0.490 e. The summed E-state index contributed by atoms with van der Waals surface area (Å²) in [5.74, 6) is 2.50. The summed E-state index contributed by atoms with van der Waals surface area (Å²) < 4.78 is 22.8. The lowest BCUT2D eigenvalue weighted by molar-refractivity contribution is -0.120. The summed E-state index contributed by atoms with van der Waals surface area (Å²) in [5, 5.41) is 4.05. The van der Waals surface area contributed by atoms with Gasteiger partial charge in [0.05, 0.1) is 29.4 Å². The number of hydrogen-bond acceptors (Lipinski definition) is 6. The molecule has 7 nitrogen and oxygen atoms in total. The Morgan fingerprint density at radius 1 is 1.18 bits per heavy atom. The molecule has 0 fully saturated rings. The van der Waals surface area contributed by atoms with Gasteiger partial charge in [0.1, 0.15) is 0 Å². The van der Waals surface area contributed by atoms with Crippen LogP contribution < -0.4 is 24.4 Å². The van der Waals surface area contributed by atoms with Crippen molar-refractivity contribution in [3.63, 3.8) is 0 Å². The molecular weight excluding hydrogens is 475 g/mol. The van der Waals surface area contributed by atoms with Crippen LogP contribution in [0.1, 0.15) is 25.0 Å². The maximum atomic E-state index is 12.1. The quantitative estimate of drug-likeness (QED) is 0.344. The third-order valence-electron chi connectivity index (χ3n) is 3.82. The minimum atomic E-state index is -0.221. The van der Waals surface area contributed by atoms with Crippen LogP contribution in [-0.2, 0) is 11.2 Å². The van der Waals surface area contributed by atoms with E-state index in [0.29, 0.717) is 36.2 Å². The number of carbonyl (C=O) groups is 1. The molecule has 0 radical (unpaired) electrons. The minimum absolute atomic E-state index is 0.193. The van der Waals surface area contributed by atoms with Crippen molar-refractivity contribution in [2.45, 2.75) is 20.3 Å². The van der Waals surface area contributed by atoms with Gasteiger partial charge in [-0.1, -0.05) is 6.07 Å². The maximum Gasteiger partial charge on any atom is 0.244 e. The molecule has 28 heavy (non-hydrogen) atoms. The second-order valence-corrected chi connectivity index (χ2v) is 7.02. The van der Waals surface area contributed by atoms with Gasteiger partial charge in [-0.2, -0.15) is 5.10 Å². The van der Waals surface area contributed by atoms with E-state index in [1.807, 2.05) is 32.0 Å². The van der Waals surface area contributed by atoms with E-state index >= 15 is 0 Å². The number of nitrogens with one attached hydrogen (secondary N) is 1. The molecule has 2 aromatic carbocycles. The van der Waals surface area contributed by atoms with Crippen LogP contribution in [0.15, 0.2) is 35.4 Å². The van der Waals surface area contributed by atoms with Gasteiger partial charge < -0.3 is 18.9 Å². The second kappa shape index (κ2) is 9.63. The SMILES string of the molecule is CCOc1cc(/C=N\NC(=O)Cc2ccc3c(c2)OCO3)cc(I)c1OCC. The van der Waals surface area contributed by atoms with Crippen LogP contribution in [-0.4, -0.2) is 32.1 Å². The van der Waals surface area contributed by atoms with Crippen LogP contribution >= 0.6 is 22.6 Å². The first-order valence-electron chi connectivity index (χ1n) is 8.90. The lowest BCUT2D eigenvalue weighted by atomic mass is 10.1. The van der Waals surface area contributed by atoms with Gasteiger partial charge in [0.25, 0.3) is 0 Å². The Labute approximate surface area is 177 Å². The van der Waals surface area contributed by atoms with Gasteiger partial charge in [-0.3, -0.25) is 4.79 Å². The zero-order chi connectivity index (χ0) is 19.9. The van der Waals surface area contributed by atoms with Crippen molar-refractivity contribution in [3.8, 4) is 23.0 Å². The molecule has 0 spiro atoms. The topological polar surface area (TPSA) is 78.4 Å². The lowest BCUT2D eigenvalue weighted by Crippen LogP contribution is -2.19. The van der Waals surface area contributed by atoms with Crippen molar-refractivity contribution in [1.29, 1.82) is 0 Å². The van der Waals surface area contributed by atoms with Crippen molar-refractivity contribution in [2.24, 2.45) is 5.10 Å². The Morgan fingerprint density at radius 3 is 2.75 bits per heavy atom. The molecule has 0 saturated carbocycles. The highest BCUT2D eigenvalue weighted by molar-refractivity contribution is 14.1. The number of carbonyl (C=O) groups excluding carboxylic acids is 1. The zero-order valence-electron chi connectivity index (χ0n) is 15.7. The van der Waals surface area contributed by atoms with Gasteiger partial charge in [0.2, 0.25) is 12.7 Å². The van der Waals surface area contributed by atoms with Gasteiger partial charge in [0, 0.05) is 0 Å². The number of hydrazone groups is 1. The van der Waals surface area contributed by atoms with E-state index in [-0.39, 0.29) is 19.1 Å². The Bertz CT molecular complexity index is 885. The molecule has 0 bridgehead atoms. The summed E-state index contributed by atoms with van der Waals surface area (Å²) in [6.07, 6.45) is 1.77. The van der Waals surface area contributed by atoms with Gasteiger partial charge >= 0.3 is 0 Å².